The lowest BCUT2D eigenvalue weighted by Crippen LogP contribution is -2.27. The first-order chi connectivity index (χ1) is 12.0. The number of nitrogens with zero attached hydrogens (tertiary/aromatic N) is 4. The van der Waals surface area contributed by atoms with Crippen molar-refractivity contribution >= 4 is 32.8 Å². The molecule has 0 amide bonds. The van der Waals surface area contributed by atoms with Crippen molar-refractivity contribution in [2.75, 3.05) is 20.3 Å². The standard InChI is InChI=1S/C15H19N5O3S2/c1-11-10-16-14(20(11)8-9-23-2)6-7-17-25(21,22)13-5-3-4-12-15(13)19-24-18-12/h3-5,10,17H,6-9H2,1-2H3. The summed E-state index contributed by atoms with van der Waals surface area (Å²) in [6.45, 7) is 3.48. The van der Waals surface area contributed by atoms with Gasteiger partial charge in [0.2, 0.25) is 10.0 Å². The fourth-order valence-electron chi connectivity index (χ4n) is 2.57. The molecule has 0 aliphatic rings. The van der Waals surface area contributed by atoms with Gasteiger partial charge in [-0.05, 0) is 19.1 Å². The summed E-state index contributed by atoms with van der Waals surface area (Å²) in [5.74, 6) is 0.825. The molecule has 10 heteroatoms. The highest BCUT2D eigenvalue weighted by Crippen LogP contribution is 2.20. The van der Waals surface area contributed by atoms with E-state index >= 15 is 0 Å². The summed E-state index contributed by atoms with van der Waals surface area (Å²) in [7, 11) is -2.01. The van der Waals surface area contributed by atoms with Crippen molar-refractivity contribution in [3.05, 3.63) is 35.9 Å². The number of rotatable bonds is 8. The minimum absolute atomic E-state index is 0.151. The third-order valence-corrected chi connectivity index (χ3v) is 5.87. The molecule has 0 fully saturated rings. The molecule has 0 bridgehead atoms. The van der Waals surface area contributed by atoms with Crippen LogP contribution in [-0.4, -0.2) is 47.0 Å². The molecule has 1 aromatic carbocycles. The second-order valence-corrected chi connectivity index (χ2v) is 7.76. The van der Waals surface area contributed by atoms with E-state index in [4.69, 9.17) is 4.74 Å². The topological polar surface area (TPSA) is 99.0 Å². The Labute approximate surface area is 150 Å². The molecule has 0 radical (unpaired) electrons. The maximum absolute atomic E-state index is 12.6. The number of ether oxygens (including phenoxy) is 1. The van der Waals surface area contributed by atoms with Crippen molar-refractivity contribution in [3.63, 3.8) is 0 Å². The normalized spacial score (nSPS) is 12.1. The fourth-order valence-corrected chi connectivity index (χ4v) is 4.37. The van der Waals surface area contributed by atoms with E-state index in [-0.39, 0.29) is 11.4 Å². The van der Waals surface area contributed by atoms with Gasteiger partial charge in [-0.25, -0.2) is 18.1 Å². The Morgan fingerprint density at radius 1 is 1.32 bits per heavy atom. The van der Waals surface area contributed by atoms with Crippen LogP contribution in [0.4, 0.5) is 0 Å². The number of benzene rings is 1. The Morgan fingerprint density at radius 2 is 2.16 bits per heavy atom. The number of fused-ring (bicyclic) bond motifs is 1. The van der Waals surface area contributed by atoms with Crippen LogP contribution in [0.2, 0.25) is 0 Å². The maximum Gasteiger partial charge on any atom is 0.242 e. The molecule has 3 aromatic rings. The van der Waals surface area contributed by atoms with E-state index in [1.54, 1.807) is 25.4 Å². The molecule has 1 N–H and O–H groups in total. The van der Waals surface area contributed by atoms with Gasteiger partial charge in [0.1, 0.15) is 21.8 Å². The quantitative estimate of drug-likeness (QED) is 0.633. The second-order valence-electron chi connectivity index (χ2n) is 5.50. The lowest BCUT2D eigenvalue weighted by Gasteiger charge is -2.10. The van der Waals surface area contributed by atoms with Crippen molar-refractivity contribution in [2.45, 2.75) is 24.8 Å². The number of hydrogen-bond donors (Lipinski definition) is 1. The number of aromatic nitrogens is 4. The van der Waals surface area contributed by atoms with Gasteiger partial charge in [-0.1, -0.05) is 6.07 Å². The molecule has 0 atom stereocenters. The summed E-state index contributed by atoms with van der Waals surface area (Å²) >= 11 is 0.999. The number of aryl methyl sites for hydroxylation is 1. The summed E-state index contributed by atoms with van der Waals surface area (Å²) in [5.41, 5.74) is 2.00. The van der Waals surface area contributed by atoms with Crippen molar-refractivity contribution in [2.24, 2.45) is 0 Å². The lowest BCUT2D eigenvalue weighted by molar-refractivity contribution is 0.185. The molecule has 0 saturated heterocycles. The van der Waals surface area contributed by atoms with E-state index in [0.29, 0.717) is 30.6 Å². The number of sulfonamides is 1. The highest BCUT2D eigenvalue weighted by atomic mass is 32.2. The number of nitrogens with one attached hydrogen (secondary N) is 1. The predicted octanol–water partition coefficient (Wildman–Crippen LogP) is 1.36. The van der Waals surface area contributed by atoms with Gasteiger partial charge in [0.05, 0.1) is 18.3 Å². The van der Waals surface area contributed by atoms with Gasteiger partial charge < -0.3 is 9.30 Å². The molecule has 134 valence electrons. The molecular weight excluding hydrogens is 362 g/mol. The van der Waals surface area contributed by atoms with E-state index in [0.717, 1.165) is 23.2 Å². The second kappa shape index (κ2) is 7.56. The number of methoxy groups -OCH3 is 1. The molecule has 2 aromatic heterocycles. The van der Waals surface area contributed by atoms with Crippen LogP contribution in [0, 0.1) is 6.92 Å². The monoisotopic (exact) mass is 381 g/mol. The largest absolute Gasteiger partial charge is 0.383 e. The zero-order valence-electron chi connectivity index (χ0n) is 14.0. The first-order valence-electron chi connectivity index (χ1n) is 7.74. The molecule has 3 rings (SSSR count). The van der Waals surface area contributed by atoms with Gasteiger partial charge in [0.15, 0.2) is 0 Å². The lowest BCUT2D eigenvalue weighted by atomic mass is 10.3. The van der Waals surface area contributed by atoms with Crippen molar-refractivity contribution in [1.29, 1.82) is 0 Å². The Morgan fingerprint density at radius 3 is 2.96 bits per heavy atom. The molecular formula is C15H19N5O3S2. The van der Waals surface area contributed by atoms with E-state index in [1.807, 2.05) is 11.5 Å². The van der Waals surface area contributed by atoms with Gasteiger partial charge in [-0.2, -0.15) is 8.75 Å². The molecule has 0 saturated carbocycles. The molecule has 0 spiro atoms. The SMILES string of the molecule is COCCn1c(C)cnc1CCNS(=O)(=O)c1cccc2nsnc12. The average molecular weight is 381 g/mol. The van der Waals surface area contributed by atoms with Crippen LogP contribution in [0.25, 0.3) is 11.0 Å². The van der Waals surface area contributed by atoms with E-state index in [2.05, 4.69) is 18.5 Å². The molecule has 0 aliphatic heterocycles. The third kappa shape index (κ3) is 3.87. The zero-order valence-corrected chi connectivity index (χ0v) is 15.6. The first-order valence-corrected chi connectivity index (χ1v) is 9.95. The van der Waals surface area contributed by atoms with E-state index in [9.17, 15) is 8.42 Å². The van der Waals surface area contributed by atoms with Crippen molar-refractivity contribution in [3.8, 4) is 0 Å². The van der Waals surface area contributed by atoms with Crippen molar-refractivity contribution in [1.82, 2.24) is 23.0 Å². The summed E-state index contributed by atoms with van der Waals surface area (Å²) in [5, 5.41) is 0. The van der Waals surface area contributed by atoms with Crippen LogP contribution >= 0.6 is 11.7 Å². The highest BCUT2D eigenvalue weighted by molar-refractivity contribution is 7.89. The summed E-state index contributed by atoms with van der Waals surface area (Å²) in [6, 6.07) is 4.95. The molecule has 0 unspecified atom stereocenters. The van der Waals surface area contributed by atoms with E-state index < -0.39 is 10.0 Å². The van der Waals surface area contributed by atoms with Crippen molar-refractivity contribution < 1.29 is 13.2 Å². The molecule has 0 aliphatic carbocycles. The zero-order chi connectivity index (χ0) is 17.9. The summed E-state index contributed by atoms with van der Waals surface area (Å²) in [6.07, 6.45) is 2.27. The summed E-state index contributed by atoms with van der Waals surface area (Å²) in [4.78, 5) is 4.51. The van der Waals surface area contributed by atoms with Gasteiger partial charge >= 0.3 is 0 Å². The Hall–Kier alpha value is -1.88. The summed E-state index contributed by atoms with van der Waals surface area (Å²) < 4.78 is 43.1. The Balaban J connectivity index is 1.71. The minimum atomic E-state index is -3.66. The van der Waals surface area contributed by atoms with Gasteiger partial charge in [-0.15, -0.1) is 0 Å². The molecule has 8 nitrogen and oxygen atoms in total. The Bertz CT molecular complexity index is 965. The van der Waals surface area contributed by atoms with Gasteiger partial charge in [0, 0.05) is 38.5 Å². The van der Waals surface area contributed by atoms with E-state index in [1.165, 1.54) is 6.07 Å². The van der Waals surface area contributed by atoms with Gasteiger partial charge in [0.25, 0.3) is 0 Å². The minimum Gasteiger partial charge on any atom is -0.383 e. The maximum atomic E-state index is 12.6. The smallest absolute Gasteiger partial charge is 0.242 e. The third-order valence-electron chi connectivity index (χ3n) is 3.84. The van der Waals surface area contributed by atoms with Gasteiger partial charge in [-0.3, -0.25) is 0 Å². The number of hydrogen-bond acceptors (Lipinski definition) is 7. The van der Waals surface area contributed by atoms with Crippen LogP contribution in [-0.2, 0) is 27.7 Å². The average Bonchev–Trinajstić information content (AvgIpc) is 3.19. The van der Waals surface area contributed by atoms with Crippen LogP contribution < -0.4 is 4.72 Å². The van der Waals surface area contributed by atoms with Crippen LogP contribution in [0.15, 0.2) is 29.3 Å². The fraction of sp³-hybridized carbons (Fsp3) is 0.400. The van der Waals surface area contributed by atoms with Crippen LogP contribution in [0.5, 0.6) is 0 Å². The van der Waals surface area contributed by atoms with Crippen LogP contribution in [0.3, 0.4) is 0 Å². The highest BCUT2D eigenvalue weighted by Gasteiger charge is 2.19. The van der Waals surface area contributed by atoms with Crippen LogP contribution in [0.1, 0.15) is 11.5 Å². The number of imidazole rings is 1. The Kier molecular flexibility index (Phi) is 5.42. The predicted molar refractivity (Wildman–Crippen MR) is 95.1 cm³/mol. The molecule has 2 heterocycles. The first kappa shape index (κ1) is 17.9. The molecule has 25 heavy (non-hydrogen) atoms.